The van der Waals surface area contributed by atoms with Gasteiger partial charge in [0, 0.05) is 5.69 Å². The minimum atomic E-state index is -1.02. The van der Waals surface area contributed by atoms with Gasteiger partial charge < -0.3 is 14.5 Å². The van der Waals surface area contributed by atoms with E-state index in [2.05, 4.69) is 10.3 Å². The van der Waals surface area contributed by atoms with Crippen LogP contribution in [-0.2, 0) is 14.3 Å². The van der Waals surface area contributed by atoms with Crippen LogP contribution >= 0.6 is 11.8 Å². The number of nitrogens with one attached hydrogen (secondary N) is 1. The number of carbonyl (C=O) groups excluding carboxylic acids is 2. The Kier molecular flexibility index (Phi) is 5.75. The molecule has 6 nitrogen and oxygen atoms in total. The number of carbonyl (C=O) groups is 2. The summed E-state index contributed by atoms with van der Waals surface area (Å²) in [6.07, 6.45) is -1.02. The number of fused-ring (bicyclic) bond motifs is 1. The standard InChI is InChI=1S/C19H17FN2O4S/c1-11-7-8-13(9-14(11)20)21-18(24)12(2)25-17(23)10-27-19-22-15-5-3-4-6-16(15)26-19/h3-9,12H,10H2,1-2H3,(H,21,24)/t12-/m0/s1. The summed E-state index contributed by atoms with van der Waals surface area (Å²) in [4.78, 5) is 28.3. The van der Waals surface area contributed by atoms with E-state index in [9.17, 15) is 14.0 Å². The summed E-state index contributed by atoms with van der Waals surface area (Å²) in [6, 6.07) is 11.6. The van der Waals surface area contributed by atoms with Gasteiger partial charge in [0.25, 0.3) is 11.1 Å². The highest BCUT2D eigenvalue weighted by Crippen LogP contribution is 2.23. The monoisotopic (exact) mass is 388 g/mol. The lowest BCUT2D eigenvalue weighted by Gasteiger charge is -2.13. The average molecular weight is 388 g/mol. The minimum absolute atomic E-state index is 0.0520. The van der Waals surface area contributed by atoms with Crippen LogP contribution in [0.3, 0.4) is 0 Å². The maximum Gasteiger partial charge on any atom is 0.317 e. The van der Waals surface area contributed by atoms with Crippen LogP contribution in [0.1, 0.15) is 12.5 Å². The number of halogens is 1. The molecular weight excluding hydrogens is 371 g/mol. The second kappa shape index (κ2) is 8.22. The van der Waals surface area contributed by atoms with Crippen molar-refractivity contribution in [2.24, 2.45) is 0 Å². The van der Waals surface area contributed by atoms with Crippen molar-refractivity contribution in [2.75, 3.05) is 11.1 Å². The maximum atomic E-state index is 13.5. The molecule has 0 radical (unpaired) electrons. The quantitative estimate of drug-likeness (QED) is 0.509. The number of thioether (sulfide) groups is 1. The molecule has 0 saturated carbocycles. The molecule has 1 N–H and O–H groups in total. The predicted octanol–water partition coefficient (Wildman–Crippen LogP) is 3.94. The lowest BCUT2D eigenvalue weighted by atomic mass is 10.2. The molecule has 1 atom stereocenters. The van der Waals surface area contributed by atoms with Crippen molar-refractivity contribution >= 4 is 40.4 Å². The molecule has 1 amide bonds. The highest BCUT2D eigenvalue weighted by Gasteiger charge is 2.19. The van der Waals surface area contributed by atoms with Crippen molar-refractivity contribution in [3.63, 3.8) is 0 Å². The average Bonchev–Trinajstić information content (AvgIpc) is 3.06. The van der Waals surface area contributed by atoms with Gasteiger partial charge in [-0.05, 0) is 43.7 Å². The van der Waals surface area contributed by atoms with E-state index >= 15 is 0 Å². The lowest BCUT2D eigenvalue weighted by molar-refractivity contribution is -0.150. The van der Waals surface area contributed by atoms with Crippen molar-refractivity contribution in [3.05, 3.63) is 53.8 Å². The highest BCUT2D eigenvalue weighted by atomic mass is 32.2. The zero-order valence-corrected chi connectivity index (χ0v) is 15.5. The number of oxazole rings is 1. The first-order chi connectivity index (χ1) is 12.9. The number of aromatic nitrogens is 1. The fraction of sp³-hybridized carbons (Fsp3) is 0.211. The molecule has 27 heavy (non-hydrogen) atoms. The van der Waals surface area contributed by atoms with E-state index in [0.717, 1.165) is 11.8 Å². The molecule has 0 spiro atoms. The molecule has 0 aliphatic carbocycles. The molecule has 0 bridgehead atoms. The first-order valence-electron chi connectivity index (χ1n) is 8.17. The second-order valence-electron chi connectivity index (χ2n) is 5.82. The minimum Gasteiger partial charge on any atom is -0.452 e. The number of amides is 1. The first kappa shape index (κ1) is 18.9. The number of benzene rings is 2. The van der Waals surface area contributed by atoms with Crippen molar-refractivity contribution < 1.29 is 23.1 Å². The SMILES string of the molecule is Cc1ccc(NC(=O)[C@H](C)OC(=O)CSc2nc3ccccc3o2)cc1F. The molecule has 0 aliphatic rings. The van der Waals surface area contributed by atoms with Crippen LogP contribution in [0.15, 0.2) is 52.1 Å². The fourth-order valence-corrected chi connectivity index (χ4v) is 2.85. The van der Waals surface area contributed by atoms with E-state index in [1.165, 1.54) is 13.0 Å². The van der Waals surface area contributed by atoms with E-state index in [4.69, 9.17) is 9.15 Å². The molecule has 0 saturated heterocycles. The van der Waals surface area contributed by atoms with Gasteiger partial charge in [0.2, 0.25) is 0 Å². The second-order valence-corrected chi connectivity index (χ2v) is 6.75. The number of anilines is 1. The third-order valence-electron chi connectivity index (χ3n) is 3.70. The molecule has 0 unspecified atom stereocenters. The van der Waals surface area contributed by atoms with E-state index in [0.29, 0.717) is 27.6 Å². The summed E-state index contributed by atoms with van der Waals surface area (Å²) in [5, 5.41) is 2.86. The van der Waals surface area contributed by atoms with E-state index in [1.807, 2.05) is 18.2 Å². The molecule has 2 aromatic carbocycles. The van der Waals surface area contributed by atoms with Gasteiger partial charge in [0.15, 0.2) is 11.7 Å². The fourth-order valence-electron chi connectivity index (χ4n) is 2.23. The van der Waals surface area contributed by atoms with Crippen molar-refractivity contribution in [3.8, 4) is 0 Å². The first-order valence-corrected chi connectivity index (χ1v) is 9.16. The molecular formula is C19H17FN2O4S. The zero-order valence-electron chi connectivity index (χ0n) is 14.7. The Balaban J connectivity index is 1.50. The van der Waals surface area contributed by atoms with Gasteiger partial charge in [-0.25, -0.2) is 9.37 Å². The van der Waals surface area contributed by atoms with Crippen LogP contribution in [0.2, 0.25) is 0 Å². The summed E-state index contributed by atoms with van der Waals surface area (Å²) >= 11 is 1.08. The van der Waals surface area contributed by atoms with E-state index in [1.54, 1.807) is 25.1 Å². The van der Waals surface area contributed by atoms with Crippen molar-refractivity contribution in [2.45, 2.75) is 25.2 Å². The number of aryl methyl sites for hydroxylation is 1. The van der Waals surface area contributed by atoms with Crippen LogP contribution in [0.25, 0.3) is 11.1 Å². The predicted molar refractivity (Wildman–Crippen MR) is 100 cm³/mol. The molecule has 0 fully saturated rings. The number of nitrogens with zero attached hydrogens (tertiary/aromatic N) is 1. The summed E-state index contributed by atoms with van der Waals surface area (Å²) in [7, 11) is 0. The van der Waals surface area contributed by atoms with Crippen molar-refractivity contribution in [1.29, 1.82) is 0 Å². The number of para-hydroxylation sites is 2. The molecule has 3 rings (SSSR count). The largest absolute Gasteiger partial charge is 0.452 e. The Labute approximate surface area is 159 Å². The molecule has 8 heteroatoms. The normalized spacial score (nSPS) is 12.0. The zero-order chi connectivity index (χ0) is 19.4. The molecule has 0 aliphatic heterocycles. The topological polar surface area (TPSA) is 81.4 Å². The highest BCUT2D eigenvalue weighted by molar-refractivity contribution is 7.99. The van der Waals surface area contributed by atoms with E-state index < -0.39 is 23.8 Å². The van der Waals surface area contributed by atoms with Gasteiger partial charge in [-0.15, -0.1) is 0 Å². The van der Waals surface area contributed by atoms with Gasteiger partial charge in [-0.1, -0.05) is 30.0 Å². The van der Waals surface area contributed by atoms with Gasteiger partial charge in [-0.3, -0.25) is 9.59 Å². The van der Waals surface area contributed by atoms with Crippen LogP contribution < -0.4 is 5.32 Å². The van der Waals surface area contributed by atoms with Crippen LogP contribution in [0.5, 0.6) is 0 Å². The lowest BCUT2D eigenvalue weighted by Crippen LogP contribution is -2.30. The summed E-state index contributed by atoms with van der Waals surface area (Å²) in [5.74, 6) is -1.60. The number of hydrogen-bond donors (Lipinski definition) is 1. The molecule has 1 aromatic heterocycles. The number of esters is 1. The van der Waals surface area contributed by atoms with Gasteiger partial charge in [-0.2, -0.15) is 0 Å². The Morgan fingerprint density at radius 1 is 1.30 bits per heavy atom. The molecule has 140 valence electrons. The van der Waals surface area contributed by atoms with Crippen LogP contribution in [-0.4, -0.2) is 28.7 Å². The summed E-state index contributed by atoms with van der Waals surface area (Å²) in [5.41, 5.74) is 2.11. The number of hydrogen-bond acceptors (Lipinski definition) is 6. The smallest absolute Gasteiger partial charge is 0.317 e. The summed E-state index contributed by atoms with van der Waals surface area (Å²) in [6.45, 7) is 3.07. The molecule has 1 heterocycles. The Morgan fingerprint density at radius 3 is 2.81 bits per heavy atom. The maximum absolute atomic E-state index is 13.5. The van der Waals surface area contributed by atoms with Crippen molar-refractivity contribution in [1.82, 2.24) is 4.98 Å². The Hall–Kier alpha value is -2.87. The van der Waals surface area contributed by atoms with Gasteiger partial charge >= 0.3 is 5.97 Å². The number of rotatable bonds is 6. The van der Waals surface area contributed by atoms with E-state index in [-0.39, 0.29) is 5.75 Å². The van der Waals surface area contributed by atoms with Crippen LogP contribution in [0, 0.1) is 12.7 Å². The van der Waals surface area contributed by atoms with Crippen LogP contribution in [0.4, 0.5) is 10.1 Å². The number of ether oxygens (including phenoxy) is 1. The summed E-state index contributed by atoms with van der Waals surface area (Å²) < 4.78 is 24.1. The molecule has 3 aromatic rings. The third-order valence-corrected chi connectivity index (χ3v) is 4.51. The third kappa shape index (κ3) is 4.85. The Morgan fingerprint density at radius 2 is 2.07 bits per heavy atom. The van der Waals surface area contributed by atoms with Gasteiger partial charge in [0.1, 0.15) is 17.1 Å². The Bertz CT molecular complexity index is 956. The van der Waals surface area contributed by atoms with Gasteiger partial charge in [0.05, 0.1) is 0 Å².